The lowest BCUT2D eigenvalue weighted by Gasteiger charge is -2.24. The van der Waals surface area contributed by atoms with Crippen LogP contribution in [0.4, 0.5) is 5.69 Å². The fraction of sp³-hybridized carbons (Fsp3) is 0.692. The summed E-state index contributed by atoms with van der Waals surface area (Å²) in [4.78, 5) is 4.87. The van der Waals surface area contributed by atoms with Gasteiger partial charge in [0.25, 0.3) is 0 Å². The topological polar surface area (TPSA) is 6.48 Å². The zero-order chi connectivity index (χ0) is 20.2. The molecule has 3 heteroatoms. The third kappa shape index (κ3) is 9.59. The molecule has 0 atom stereocenters. The molecule has 166 valence electrons. The lowest BCUT2D eigenvalue weighted by molar-refractivity contribution is 0.387. The number of aryl methyl sites for hydroxylation is 3. The van der Waals surface area contributed by atoms with Crippen LogP contribution in [0, 0.1) is 20.8 Å². The molecule has 0 aromatic heterocycles. The van der Waals surface area contributed by atoms with Crippen molar-refractivity contribution < 1.29 is 0 Å². The van der Waals surface area contributed by atoms with Gasteiger partial charge in [0.1, 0.15) is 0 Å². The third-order valence-electron chi connectivity index (χ3n) is 6.01. The molecule has 0 fully saturated rings. The van der Waals surface area contributed by atoms with E-state index in [9.17, 15) is 0 Å². The Kier molecular flexibility index (Phi) is 13.4. The molecule has 0 saturated heterocycles. The minimum atomic E-state index is 0. The van der Waals surface area contributed by atoms with Crippen molar-refractivity contribution in [2.24, 2.45) is 0 Å². The van der Waals surface area contributed by atoms with Crippen molar-refractivity contribution in [3.63, 3.8) is 0 Å². The number of hydrogen-bond donors (Lipinski definition) is 0. The molecule has 0 unspecified atom stereocenters. The van der Waals surface area contributed by atoms with Crippen LogP contribution in [-0.2, 0) is 0 Å². The molecule has 1 aliphatic rings. The number of benzene rings is 1. The summed E-state index contributed by atoms with van der Waals surface area (Å²) in [5.41, 5.74) is 5.51. The lowest BCUT2D eigenvalue weighted by atomic mass is 10.0. The van der Waals surface area contributed by atoms with Crippen LogP contribution in [-0.4, -0.2) is 18.1 Å². The van der Waals surface area contributed by atoms with Gasteiger partial charge >= 0.3 is 0 Å². The summed E-state index contributed by atoms with van der Waals surface area (Å²) >= 11 is 0. The molecule has 0 aliphatic carbocycles. The maximum Gasteiger partial charge on any atom is 0.0942 e. The highest BCUT2D eigenvalue weighted by Gasteiger charge is 2.17. The van der Waals surface area contributed by atoms with Gasteiger partial charge in [-0.25, -0.2) is 0 Å². The predicted molar refractivity (Wildman–Crippen MR) is 135 cm³/mol. The van der Waals surface area contributed by atoms with Crippen LogP contribution >= 0.6 is 17.0 Å². The van der Waals surface area contributed by atoms with Crippen LogP contribution in [0.25, 0.3) is 0 Å². The molecule has 0 radical (unpaired) electrons. The Morgan fingerprint density at radius 2 is 1.17 bits per heavy atom. The summed E-state index contributed by atoms with van der Waals surface area (Å²) in [6, 6.07) is 4.59. The SMILES string of the molecule is Br.CCCCCCCCCCCCCCN1C=CN(c2c(C)cc(C)cc2C)C1. The Morgan fingerprint density at radius 1 is 0.690 bits per heavy atom. The van der Waals surface area contributed by atoms with Gasteiger partial charge in [-0.15, -0.1) is 17.0 Å². The molecular formula is C26H45BrN2. The minimum absolute atomic E-state index is 0. The molecule has 1 aromatic rings. The molecule has 0 N–H and O–H groups in total. The Bertz CT molecular complexity index is 573. The molecule has 0 saturated carbocycles. The van der Waals surface area contributed by atoms with Gasteiger partial charge in [-0.05, 0) is 38.3 Å². The van der Waals surface area contributed by atoms with Crippen LogP contribution < -0.4 is 4.90 Å². The molecule has 1 aromatic carbocycles. The number of rotatable bonds is 14. The molecule has 0 bridgehead atoms. The second-order valence-corrected chi connectivity index (χ2v) is 8.86. The van der Waals surface area contributed by atoms with E-state index < -0.39 is 0 Å². The van der Waals surface area contributed by atoms with E-state index in [1.54, 1.807) is 0 Å². The number of hydrogen-bond acceptors (Lipinski definition) is 2. The average molecular weight is 466 g/mol. The summed E-state index contributed by atoms with van der Waals surface area (Å²) in [6.07, 6.45) is 21.6. The smallest absolute Gasteiger partial charge is 0.0942 e. The number of unbranched alkanes of at least 4 members (excludes halogenated alkanes) is 11. The van der Waals surface area contributed by atoms with Crippen LogP contribution in [0.3, 0.4) is 0 Å². The van der Waals surface area contributed by atoms with E-state index in [0.29, 0.717) is 0 Å². The summed E-state index contributed by atoms with van der Waals surface area (Å²) in [5.74, 6) is 0. The molecule has 2 rings (SSSR count). The van der Waals surface area contributed by atoms with Crippen LogP contribution in [0.15, 0.2) is 24.5 Å². The van der Waals surface area contributed by atoms with Crippen LogP contribution in [0.2, 0.25) is 0 Å². The van der Waals surface area contributed by atoms with Gasteiger partial charge < -0.3 is 9.80 Å². The lowest BCUT2D eigenvalue weighted by Crippen LogP contribution is -2.26. The average Bonchev–Trinajstić information content (AvgIpc) is 3.10. The van der Waals surface area contributed by atoms with E-state index in [2.05, 4.69) is 62.0 Å². The highest BCUT2D eigenvalue weighted by Crippen LogP contribution is 2.28. The number of halogens is 1. The van der Waals surface area contributed by atoms with Crippen molar-refractivity contribution in [3.8, 4) is 0 Å². The van der Waals surface area contributed by atoms with E-state index in [4.69, 9.17) is 0 Å². The van der Waals surface area contributed by atoms with Gasteiger partial charge in [-0.2, -0.15) is 0 Å². The normalized spacial score (nSPS) is 13.2. The van der Waals surface area contributed by atoms with Crippen molar-refractivity contribution in [1.29, 1.82) is 0 Å². The van der Waals surface area contributed by atoms with Gasteiger partial charge in [0.05, 0.1) is 6.67 Å². The molecular weight excluding hydrogens is 420 g/mol. The fourth-order valence-electron chi connectivity index (χ4n) is 4.54. The van der Waals surface area contributed by atoms with Crippen molar-refractivity contribution in [1.82, 2.24) is 4.90 Å². The monoisotopic (exact) mass is 464 g/mol. The second kappa shape index (κ2) is 14.9. The van der Waals surface area contributed by atoms with E-state index in [1.165, 1.54) is 106 Å². The van der Waals surface area contributed by atoms with E-state index in [1.807, 2.05) is 0 Å². The molecule has 29 heavy (non-hydrogen) atoms. The molecule has 0 amide bonds. The molecule has 0 spiro atoms. The van der Waals surface area contributed by atoms with Crippen molar-refractivity contribution in [2.75, 3.05) is 18.1 Å². The number of anilines is 1. The first kappa shape index (κ1) is 26.1. The quantitative estimate of drug-likeness (QED) is 0.254. The molecule has 1 aliphatic heterocycles. The summed E-state index contributed by atoms with van der Waals surface area (Å²) < 4.78 is 0. The predicted octanol–water partition coefficient (Wildman–Crippen LogP) is 8.44. The Labute approximate surface area is 191 Å². The first-order valence-electron chi connectivity index (χ1n) is 11.9. The zero-order valence-corrected chi connectivity index (χ0v) is 21.2. The van der Waals surface area contributed by atoms with E-state index >= 15 is 0 Å². The minimum Gasteiger partial charge on any atom is -0.358 e. The third-order valence-corrected chi connectivity index (χ3v) is 6.01. The van der Waals surface area contributed by atoms with Crippen LogP contribution in [0.1, 0.15) is 101 Å². The van der Waals surface area contributed by atoms with E-state index in [-0.39, 0.29) is 17.0 Å². The van der Waals surface area contributed by atoms with Crippen molar-refractivity contribution >= 4 is 22.7 Å². The largest absolute Gasteiger partial charge is 0.358 e. The Hall–Kier alpha value is -0.960. The molecule has 1 heterocycles. The zero-order valence-electron chi connectivity index (χ0n) is 19.5. The van der Waals surface area contributed by atoms with Gasteiger partial charge in [-0.3, -0.25) is 0 Å². The highest BCUT2D eigenvalue weighted by molar-refractivity contribution is 8.93. The van der Waals surface area contributed by atoms with Gasteiger partial charge in [0, 0.05) is 24.6 Å². The Morgan fingerprint density at radius 3 is 1.69 bits per heavy atom. The summed E-state index contributed by atoms with van der Waals surface area (Å²) in [5, 5.41) is 0. The van der Waals surface area contributed by atoms with Gasteiger partial charge in [0.15, 0.2) is 0 Å². The Balaban J connectivity index is 0.00000420. The van der Waals surface area contributed by atoms with Crippen molar-refractivity contribution in [2.45, 2.75) is 105 Å². The first-order chi connectivity index (χ1) is 13.6. The summed E-state index contributed by atoms with van der Waals surface area (Å²) in [6.45, 7) is 11.1. The second-order valence-electron chi connectivity index (χ2n) is 8.86. The highest BCUT2D eigenvalue weighted by atomic mass is 79.9. The van der Waals surface area contributed by atoms with E-state index in [0.717, 1.165) is 6.67 Å². The van der Waals surface area contributed by atoms with Gasteiger partial charge in [-0.1, -0.05) is 95.2 Å². The maximum atomic E-state index is 2.47. The van der Waals surface area contributed by atoms with Gasteiger partial charge in [0.2, 0.25) is 0 Å². The number of nitrogens with zero attached hydrogens (tertiary/aromatic N) is 2. The van der Waals surface area contributed by atoms with Crippen molar-refractivity contribution in [3.05, 3.63) is 41.2 Å². The maximum absolute atomic E-state index is 2.47. The first-order valence-corrected chi connectivity index (χ1v) is 11.9. The molecule has 2 nitrogen and oxygen atoms in total. The standard InChI is InChI=1S/C26H44N2.BrH/c1-5-6-7-8-9-10-11-12-13-14-15-16-17-27-18-19-28(22-27)26-24(3)20-23(2)21-25(26)4;/h18-21H,5-17,22H2,1-4H3;1H. The summed E-state index contributed by atoms with van der Waals surface area (Å²) in [7, 11) is 0. The van der Waals surface area contributed by atoms with Crippen LogP contribution in [0.5, 0.6) is 0 Å². The fourth-order valence-corrected chi connectivity index (χ4v) is 4.54.